The molecule has 24 heavy (non-hydrogen) atoms. The summed E-state index contributed by atoms with van der Waals surface area (Å²) in [6, 6.07) is 7.82. The van der Waals surface area contributed by atoms with Crippen LogP contribution in [0.3, 0.4) is 0 Å². The lowest BCUT2D eigenvalue weighted by molar-refractivity contribution is 0.0696. The molecule has 5 heteroatoms. The van der Waals surface area contributed by atoms with Gasteiger partial charge in [-0.3, -0.25) is 0 Å². The number of fused-ring (bicyclic) bond motifs is 1. The van der Waals surface area contributed by atoms with Gasteiger partial charge < -0.3 is 9.29 Å². The molecular weight excluding hydrogens is 340 g/mol. The first-order chi connectivity index (χ1) is 11.4. The first kappa shape index (κ1) is 17.5. The fourth-order valence-electron chi connectivity index (χ4n) is 3.55. The van der Waals surface area contributed by atoms with Crippen molar-refractivity contribution in [2.75, 3.05) is 0 Å². The lowest BCUT2D eigenvalue weighted by Gasteiger charge is -2.22. The molecule has 3 rings (SSSR count). The molecule has 0 aliphatic heterocycles. The molecule has 0 spiro atoms. The predicted molar refractivity (Wildman–Crippen MR) is 101 cm³/mol. The number of aryl methyl sites for hydroxylation is 1. The molecular formula is C19H22O3S2. The third kappa shape index (κ3) is 3.39. The van der Waals surface area contributed by atoms with Crippen molar-refractivity contribution in [1.82, 2.24) is 0 Å². The van der Waals surface area contributed by atoms with E-state index in [1.807, 2.05) is 24.3 Å². The fraction of sp³-hybridized carbons (Fsp3) is 0.421. The Kier molecular flexibility index (Phi) is 5.04. The van der Waals surface area contributed by atoms with Crippen LogP contribution < -0.4 is 0 Å². The van der Waals surface area contributed by atoms with E-state index < -0.39 is 5.97 Å². The minimum absolute atomic E-state index is 0.140. The summed E-state index contributed by atoms with van der Waals surface area (Å²) in [5, 5.41) is 9.92. The molecule has 3 nitrogen and oxygen atoms in total. The molecule has 0 bridgehead atoms. The number of thiol groups is 1. The highest BCUT2D eigenvalue weighted by Gasteiger charge is 2.31. The summed E-state index contributed by atoms with van der Waals surface area (Å²) in [4.78, 5) is 14.2. The van der Waals surface area contributed by atoms with Crippen LogP contribution in [0.4, 0.5) is 0 Å². The van der Waals surface area contributed by atoms with Crippen molar-refractivity contribution in [1.29, 1.82) is 0 Å². The maximum atomic E-state index is 12.1. The Hall–Kier alpha value is -1.30. The van der Waals surface area contributed by atoms with Gasteiger partial charge >= 0.3 is 5.97 Å². The molecule has 0 saturated carbocycles. The van der Waals surface area contributed by atoms with Gasteiger partial charge in [0.05, 0.1) is 12.2 Å². The van der Waals surface area contributed by atoms with Gasteiger partial charge in [-0.2, -0.15) is 0 Å². The number of benzene rings is 1. The fourth-order valence-corrected chi connectivity index (χ4v) is 5.10. The number of thiophene rings is 1. The lowest BCUT2D eigenvalue weighted by atomic mass is 9.82. The van der Waals surface area contributed by atoms with E-state index >= 15 is 0 Å². The van der Waals surface area contributed by atoms with Crippen molar-refractivity contribution in [2.24, 2.45) is 5.41 Å². The van der Waals surface area contributed by atoms with Crippen molar-refractivity contribution in [3.63, 3.8) is 0 Å². The zero-order valence-corrected chi connectivity index (χ0v) is 15.7. The summed E-state index contributed by atoms with van der Waals surface area (Å²) in [6.07, 6.45) is 4.04. The van der Waals surface area contributed by atoms with Gasteiger partial charge in [-0.05, 0) is 60.7 Å². The molecule has 128 valence electrons. The molecule has 1 aromatic carbocycles. The standard InChI is InChI=1S/C19H22O3S2/c1-19(2)9-5-8-15-14(10-19)16(18(20)21)17(24-15)13-7-4-3-6-12(13)11-22-23/h3-4,6-7,23H,5,8-11H2,1-2H3,(H,20,21). The quantitative estimate of drug-likeness (QED) is 0.436. The van der Waals surface area contributed by atoms with Crippen LogP contribution in [0.2, 0.25) is 0 Å². The van der Waals surface area contributed by atoms with Crippen molar-refractivity contribution >= 4 is 30.2 Å². The SMILES string of the molecule is CC1(C)CCCc2sc(-c3ccccc3COS)c(C(=O)O)c2C1. The van der Waals surface area contributed by atoms with Gasteiger partial charge in [-0.15, -0.1) is 11.3 Å². The number of aromatic carboxylic acids is 1. The van der Waals surface area contributed by atoms with Gasteiger partial charge in [-0.25, -0.2) is 4.79 Å². The second kappa shape index (κ2) is 6.90. The molecule has 0 radical (unpaired) electrons. The molecule has 1 N–H and O–H groups in total. The molecule has 1 aliphatic rings. The summed E-state index contributed by atoms with van der Waals surface area (Å²) >= 11 is 5.49. The first-order valence-electron chi connectivity index (χ1n) is 8.15. The number of carboxylic acids is 1. The van der Waals surface area contributed by atoms with E-state index in [1.54, 1.807) is 11.3 Å². The van der Waals surface area contributed by atoms with Crippen LogP contribution in [0.25, 0.3) is 10.4 Å². The van der Waals surface area contributed by atoms with Crippen LogP contribution in [0, 0.1) is 5.41 Å². The highest BCUT2D eigenvalue weighted by molar-refractivity contribution is 7.75. The number of carbonyl (C=O) groups is 1. The lowest BCUT2D eigenvalue weighted by Crippen LogP contribution is -2.15. The van der Waals surface area contributed by atoms with Gasteiger partial charge in [-0.1, -0.05) is 38.1 Å². The van der Waals surface area contributed by atoms with Gasteiger partial charge in [0.2, 0.25) is 0 Å². The minimum atomic E-state index is -0.832. The van der Waals surface area contributed by atoms with E-state index in [1.165, 1.54) is 4.88 Å². The molecule has 0 saturated heterocycles. The summed E-state index contributed by atoms with van der Waals surface area (Å²) in [6.45, 7) is 4.81. The van der Waals surface area contributed by atoms with Gasteiger partial charge in [0.25, 0.3) is 0 Å². The third-order valence-electron chi connectivity index (χ3n) is 4.70. The maximum absolute atomic E-state index is 12.1. The second-order valence-corrected chi connectivity index (χ2v) is 8.50. The topological polar surface area (TPSA) is 46.5 Å². The van der Waals surface area contributed by atoms with Gasteiger partial charge in [0, 0.05) is 9.75 Å². The van der Waals surface area contributed by atoms with Crippen LogP contribution in [0.15, 0.2) is 24.3 Å². The van der Waals surface area contributed by atoms with E-state index in [2.05, 4.69) is 26.8 Å². The highest BCUT2D eigenvalue weighted by Crippen LogP contribution is 2.44. The molecule has 1 heterocycles. The average molecular weight is 363 g/mol. The Labute approximate surface area is 152 Å². The Morgan fingerprint density at radius 3 is 2.83 bits per heavy atom. The van der Waals surface area contributed by atoms with Crippen molar-refractivity contribution in [3.8, 4) is 10.4 Å². The number of hydrogen-bond donors (Lipinski definition) is 2. The van der Waals surface area contributed by atoms with Gasteiger partial charge in [0.1, 0.15) is 0 Å². The Bertz CT molecular complexity index is 762. The third-order valence-corrected chi connectivity index (χ3v) is 6.15. The first-order valence-corrected chi connectivity index (χ1v) is 9.33. The second-order valence-electron chi connectivity index (χ2n) is 7.14. The Balaban J connectivity index is 2.19. The smallest absolute Gasteiger partial charge is 0.337 e. The summed E-state index contributed by atoms with van der Waals surface area (Å²) in [7, 11) is 0. The number of carboxylic acid groups (broad SMARTS) is 1. The molecule has 0 unspecified atom stereocenters. The van der Waals surface area contributed by atoms with Crippen LogP contribution >= 0.6 is 24.2 Å². The van der Waals surface area contributed by atoms with Crippen LogP contribution in [0.5, 0.6) is 0 Å². The van der Waals surface area contributed by atoms with Crippen LogP contribution in [-0.4, -0.2) is 11.1 Å². The van der Waals surface area contributed by atoms with E-state index in [4.69, 9.17) is 4.18 Å². The Morgan fingerprint density at radius 2 is 2.12 bits per heavy atom. The molecule has 1 aromatic heterocycles. The van der Waals surface area contributed by atoms with Crippen molar-refractivity contribution in [3.05, 3.63) is 45.8 Å². The van der Waals surface area contributed by atoms with Crippen LogP contribution in [0.1, 0.15) is 53.1 Å². The van der Waals surface area contributed by atoms with Crippen LogP contribution in [-0.2, 0) is 23.6 Å². The van der Waals surface area contributed by atoms with E-state index in [-0.39, 0.29) is 5.41 Å². The minimum Gasteiger partial charge on any atom is -0.478 e. The van der Waals surface area contributed by atoms with E-state index in [0.717, 1.165) is 47.3 Å². The Morgan fingerprint density at radius 1 is 1.38 bits per heavy atom. The monoisotopic (exact) mass is 362 g/mol. The van der Waals surface area contributed by atoms with E-state index in [0.29, 0.717) is 12.2 Å². The average Bonchev–Trinajstić information content (AvgIpc) is 2.78. The molecule has 1 aliphatic carbocycles. The van der Waals surface area contributed by atoms with Crippen molar-refractivity contribution in [2.45, 2.75) is 46.1 Å². The van der Waals surface area contributed by atoms with Crippen molar-refractivity contribution < 1.29 is 14.1 Å². The number of rotatable bonds is 4. The highest BCUT2D eigenvalue weighted by atomic mass is 32.1. The summed E-state index contributed by atoms with van der Waals surface area (Å²) in [5.41, 5.74) is 3.57. The molecule has 2 aromatic rings. The largest absolute Gasteiger partial charge is 0.478 e. The number of hydrogen-bond acceptors (Lipinski definition) is 4. The zero-order chi connectivity index (χ0) is 17.3. The summed E-state index contributed by atoms with van der Waals surface area (Å²) < 4.78 is 5.00. The zero-order valence-electron chi connectivity index (χ0n) is 14.0. The maximum Gasteiger partial charge on any atom is 0.337 e. The summed E-state index contributed by atoms with van der Waals surface area (Å²) in [5.74, 6) is -0.832. The molecule has 0 fully saturated rings. The normalized spacial score (nSPS) is 16.5. The predicted octanol–water partition coefficient (Wildman–Crippen LogP) is 5.38. The molecule has 0 atom stereocenters. The van der Waals surface area contributed by atoms with Gasteiger partial charge in [0.15, 0.2) is 0 Å². The molecule has 0 amide bonds. The van der Waals surface area contributed by atoms with E-state index in [9.17, 15) is 9.90 Å².